The summed E-state index contributed by atoms with van der Waals surface area (Å²) in [6.07, 6.45) is 15.5. The molecule has 0 aromatic heterocycles. The third-order valence-electron chi connectivity index (χ3n) is 11.5. The average Bonchev–Trinajstić information content (AvgIpc) is 3.22. The van der Waals surface area contributed by atoms with Crippen LogP contribution in [0.3, 0.4) is 0 Å². The first-order chi connectivity index (χ1) is 27.8. The van der Waals surface area contributed by atoms with Gasteiger partial charge in [0.05, 0.1) is 26.3 Å². The number of dihydropyridines is 1. The molecule has 2 heterocycles. The van der Waals surface area contributed by atoms with Gasteiger partial charge in [0.2, 0.25) is 0 Å². The number of unbranched alkanes of at least 4 members (excludes halogenated alkanes) is 2. The van der Waals surface area contributed by atoms with Crippen LogP contribution < -0.4 is 26.4 Å². The second-order valence-electron chi connectivity index (χ2n) is 15.7. The van der Waals surface area contributed by atoms with E-state index in [0.29, 0.717) is 35.5 Å². The molecule has 5 rings (SSSR count). The molecule has 3 aromatic carbocycles. The molecule has 57 heavy (non-hydrogen) atoms. The zero-order valence-corrected chi connectivity index (χ0v) is 34.0. The van der Waals surface area contributed by atoms with Crippen LogP contribution in [0.15, 0.2) is 96.2 Å². The summed E-state index contributed by atoms with van der Waals surface area (Å²) in [5, 5.41) is 31.4. The van der Waals surface area contributed by atoms with Crippen LogP contribution in [-0.4, -0.2) is 68.3 Å². The number of rotatable bonds is 23. The molecule has 9 heteroatoms. The van der Waals surface area contributed by atoms with E-state index < -0.39 is 6.61 Å². The molecule has 2 aliphatic rings. The van der Waals surface area contributed by atoms with Gasteiger partial charge < -0.3 is 36.6 Å². The lowest BCUT2D eigenvalue weighted by Crippen LogP contribution is -2.35. The van der Waals surface area contributed by atoms with Crippen LogP contribution in [0.1, 0.15) is 85.6 Å². The Kier molecular flexibility index (Phi) is 17.6. The number of carbonyl (C=O) groups excluding carboxylic acids is 2. The molecule has 0 saturated carbocycles. The second-order valence-corrected chi connectivity index (χ2v) is 15.7. The summed E-state index contributed by atoms with van der Waals surface area (Å²) in [5.74, 6) is 1.16. The summed E-state index contributed by atoms with van der Waals surface area (Å²) in [4.78, 5) is 26.1. The molecule has 306 valence electrons. The van der Waals surface area contributed by atoms with E-state index in [9.17, 15) is 19.8 Å². The van der Waals surface area contributed by atoms with Gasteiger partial charge in [-0.2, -0.15) is 0 Å². The predicted octanol–water partition coefficient (Wildman–Crippen LogP) is 6.75. The van der Waals surface area contributed by atoms with Gasteiger partial charge in [0.25, 0.3) is 0 Å². The van der Waals surface area contributed by atoms with E-state index in [1.165, 1.54) is 42.7 Å². The highest BCUT2D eigenvalue weighted by molar-refractivity contribution is 6.07. The number of aromatic hydroxyl groups is 1. The fourth-order valence-corrected chi connectivity index (χ4v) is 8.37. The van der Waals surface area contributed by atoms with Gasteiger partial charge in [-0.15, -0.1) is 0 Å². The highest BCUT2D eigenvalue weighted by atomic mass is 16.5. The summed E-state index contributed by atoms with van der Waals surface area (Å²) in [7, 11) is 3.48. The number of aryl methyl sites for hydroxylation is 3. The van der Waals surface area contributed by atoms with Gasteiger partial charge in [-0.25, -0.2) is 0 Å². The van der Waals surface area contributed by atoms with Crippen LogP contribution in [0.2, 0.25) is 0 Å². The molecule has 0 spiro atoms. The van der Waals surface area contributed by atoms with Crippen LogP contribution in [0.25, 0.3) is 5.57 Å². The number of aliphatic hydroxyl groups is 1. The van der Waals surface area contributed by atoms with Gasteiger partial charge in [0, 0.05) is 12.6 Å². The zero-order chi connectivity index (χ0) is 40.4. The fraction of sp³-hybridized carbons (Fsp3) is 0.458. The number of piperidine rings is 1. The van der Waals surface area contributed by atoms with Crippen LogP contribution in [-0.2, 0) is 35.3 Å². The quantitative estimate of drug-likeness (QED) is 0.0350. The lowest BCUT2D eigenvalue weighted by molar-refractivity contribution is -0.124. The first-order valence-electron chi connectivity index (χ1n) is 20.9. The van der Waals surface area contributed by atoms with Crippen molar-refractivity contribution in [3.63, 3.8) is 0 Å². The minimum atomic E-state index is -0.419. The van der Waals surface area contributed by atoms with E-state index in [4.69, 9.17) is 10.5 Å². The third-order valence-corrected chi connectivity index (χ3v) is 11.5. The maximum Gasteiger partial charge on any atom is 0.163 e. The number of nitrogens with one attached hydrogen (secondary N) is 3. The number of nitrogens with two attached hydrogens (primary N) is 1. The molecule has 0 amide bonds. The Morgan fingerprint density at radius 3 is 2.37 bits per heavy atom. The molecule has 1 unspecified atom stereocenters. The molecule has 0 radical (unpaired) electrons. The minimum Gasteiger partial charge on any atom is -0.504 e. The van der Waals surface area contributed by atoms with Crippen molar-refractivity contribution in [2.75, 3.05) is 40.4 Å². The Bertz CT molecular complexity index is 1850. The molecular formula is C48H64N4O5. The molecule has 1 saturated heterocycles. The number of phenols is 1. The maximum absolute atomic E-state index is 13.2. The lowest BCUT2D eigenvalue weighted by atomic mass is 9.81. The van der Waals surface area contributed by atoms with Crippen LogP contribution in [0, 0.1) is 11.8 Å². The van der Waals surface area contributed by atoms with Gasteiger partial charge in [-0.1, -0.05) is 67.4 Å². The Morgan fingerprint density at radius 2 is 1.65 bits per heavy atom. The highest BCUT2D eigenvalue weighted by Gasteiger charge is 2.23. The monoisotopic (exact) mass is 776 g/mol. The van der Waals surface area contributed by atoms with E-state index in [1.807, 2.05) is 25.4 Å². The van der Waals surface area contributed by atoms with Crippen molar-refractivity contribution in [3.8, 4) is 11.5 Å². The normalized spacial score (nSPS) is 16.7. The third kappa shape index (κ3) is 13.8. The fourth-order valence-electron chi connectivity index (χ4n) is 8.37. The van der Waals surface area contributed by atoms with E-state index in [-0.39, 0.29) is 35.7 Å². The number of aliphatic hydroxyl groups excluding tert-OH is 1. The first kappa shape index (κ1) is 43.6. The van der Waals surface area contributed by atoms with Crippen LogP contribution >= 0.6 is 0 Å². The molecule has 2 atom stereocenters. The van der Waals surface area contributed by atoms with E-state index in [2.05, 4.69) is 64.5 Å². The SMILES string of the molecule is CNC[C@H](CCCCCC(=O)CC(=O)/C=C(\CO)c1cc(OC)c(O)cc1CC1=CNC(N)C=C1CCc1cccc(CCc2ccccc2)c1)C1CCNCC1. The number of allylic oxidation sites excluding steroid dienone is 3. The summed E-state index contributed by atoms with van der Waals surface area (Å²) < 4.78 is 5.44. The Balaban J connectivity index is 1.20. The predicted molar refractivity (Wildman–Crippen MR) is 230 cm³/mol. The summed E-state index contributed by atoms with van der Waals surface area (Å²) in [6.45, 7) is 2.79. The van der Waals surface area contributed by atoms with Gasteiger partial charge in [-0.05, 0) is 165 Å². The van der Waals surface area contributed by atoms with Crippen molar-refractivity contribution in [2.45, 2.75) is 89.6 Å². The van der Waals surface area contributed by atoms with Crippen molar-refractivity contribution in [1.29, 1.82) is 0 Å². The average molecular weight is 777 g/mol. The second kappa shape index (κ2) is 23.0. The minimum absolute atomic E-state index is 0.0398. The van der Waals surface area contributed by atoms with Gasteiger partial charge in [-0.3, -0.25) is 9.59 Å². The number of carbonyl (C=O) groups is 2. The van der Waals surface area contributed by atoms with Crippen molar-refractivity contribution >= 4 is 17.1 Å². The lowest BCUT2D eigenvalue weighted by Gasteiger charge is -2.30. The number of Topliss-reactive ketones (excluding diaryl/α,β-unsaturated/α-hetero) is 1. The Hall–Kier alpha value is -4.54. The molecular weight excluding hydrogens is 713 g/mol. The molecule has 0 aliphatic carbocycles. The number of hydrogen-bond donors (Lipinski definition) is 6. The summed E-state index contributed by atoms with van der Waals surface area (Å²) >= 11 is 0. The van der Waals surface area contributed by atoms with Crippen molar-refractivity contribution in [2.24, 2.45) is 17.6 Å². The number of methoxy groups -OCH3 is 1. The van der Waals surface area contributed by atoms with Crippen LogP contribution in [0.5, 0.6) is 11.5 Å². The molecule has 0 bridgehead atoms. The topological polar surface area (TPSA) is 146 Å². The summed E-state index contributed by atoms with van der Waals surface area (Å²) in [6, 6.07) is 22.6. The molecule has 2 aliphatic heterocycles. The van der Waals surface area contributed by atoms with Gasteiger partial charge >= 0.3 is 0 Å². The molecule has 1 fully saturated rings. The number of phenolic OH excluding ortho intramolecular Hbond substituents is 1. The molecule has 3 aromatic rings. The van der Waals surface area contributed by atoms with Crippen molar-refractivity contribution < 1.29 is 24.5 Å². The maximum atomic E-state index is 13.2. The van der Waals surface area contributed by atoms with E-state index >= 15 is 0 Å². The molecule has 7 N–H and O–H groups in total. The van der Waals surface area contributed by atoms with Gasteiger partial charge in [0.15, 0.2) is 17.3 Å². The number of hydrogen-bond acceptors (Lipinski definition) is 9. The Labute approximate surface area is 339 Å². The first-order valence-corrected chi connectivity index (χ1v) is 20.9. The van der Waals surface area contributed by atoms with Crippen molar-refractivity contribution in [1.82, 2.24) is 16.0 Å². The van der Waals surface area contributed by atoms with E-state index in [1.54, 1.807) is 12.1 Å². The standard InChI is InChI=1S/C48H64N4O5/c1-50-31-39(37-20-22-51-23-21-37)14-7-4-8-15-43(54)29-44(55)26-42(33-53)45-30-47(57-2)46(56)27-40(45)25-41-32-52-48(49)28-38(41)19-18-36-13-9-12-35(24-36)17-16-34-10-5-3-6-11-34/h3,5-6,9-13,24,26-28,30,32,37,39,48,50-53,56H,4,7-8,14-23,25,29,31,33,49H2,1-2H3/b42-26+/t39-,48?/m0/s1. The number of ether oxygens (including phenoxy) is 1. The highest BCUT2D eigenvalue weighted by Crippen LogP contribution is 2.36. The smallest absolute Gasteiger partial charge is 0.163 e. The van der Waals surface area contributed by atoms with Gasteiger partial charge in [0.1, 0.15) is 5.78 Å². The van der Waals surface area contributed by atoms with E-state index in [0.717, 1.165) is 88.1 Å². The number of ketones is 2. The zero-order valence-electron chi connectivity index (χ0n) is 34.0. The summed E-state index contributed by atoms with van der Waals surface area (Å²) in [5.41, 5.74) is 14.0. The molecule has 9 nitrogen and oxygen atoms in total. The van der Waals surface area contributed by atoms with Crippen molar-refractivity contribution in [3.05, 3.63) is 124 Å². The van der Waals surface area contributed by atoms with Crippen LogP contribution in [0.4, 0.5) is 0 Å². The largest absolute Gasteiger partial charge is 0.504 e. The number of benzene rings is 3. The Morgan fingerprint density at radius 1 is 0.930 bits per heavy atom.